The van der Waals surface area contributed by atoms with Crippen LogP contribution in [-0.4, -0.2) is 38.9 Å². The molecule has 0 spiro atoms. The van der Waals surface area contributed by atoms with Gasteiger partial charge in [-0.15, -0.1) is 0 Å². The monoisotopic (exact) mass is 405 g/mol. The van der Waals surface area contributed by atoms with E-state index in [1.54, 1.807) is 12.1 Å². The third-order valence-electron chi connectivity index (χ3n) is 6.27. The number of halogens is 1. The number of rotatable bonds is 3. The van der Waals surface area contributed by atoms with E-state index in [1.807, 2.05) is 11.0 Å². The van der Waals surface area contributed by atoms with E-state index in [0.717, 1.165) is 25.7 Å². The summed E-state index contributed by atoms with van der Waals surface area (Å²) in [5.41, 5.74) is 0.202. The molecule has 0 radical (unpaired) electrons. The van der Waals surface area contributed by atoms with Gasteiger partial charge in [0, 0.05) is 35.1 Å². The van der Waals surface area contributed by atoms with E-state index in [2.05, 4.69) is 15.3 Å². The number of nitrogens with one attached hydrogen (secondary N) is 2. The Morgan fingerprint density at radius 1 is 1.27 bits per heavy atom. The van der Waals surface area contributed by atoms with Crippen molar-refractivity contribution in [3.63, 3.8) is 0 Å². The van der Waals surface area contributed by atoms with Gasteiger partial charge < -0.3 is 15.2 Å². The Hall–Kier alpha value is -3.47. The fourth-order valence-corrected chi connectivity index (χ4v) is 5.10. The molecule has 1 amide bonds. The molecule has 3 aromatic rings. The number of benzene rings is 1. The summed E-state index contributed by atoms with van der Waals surface area (Å²) in [6.45, 7) is 0. The fraction of sp³-hybridized carbons (Fsp3) is 0.364. The van der Waals surface area contributed by atoms with Crippen LogP contribution in [0.5, 0.6) is 0 Å². The third kappa shape index (κ3) is 2.98. The van der Waals surface area contributed by atoms with Crippen LogP contribution in [0.15, 0.2) is 35.3 Å². The number of piperidine rings is 1. The zero-order valence-corrected chi connectivity index (χ0v) is 16.2. The van der Waals surface area contributed by atoms with E-state index >= 15 is 0 Å². The maximum absolute atomic E-state index is 14.0. The Morgan fingerprint density at radius 3 is 2.77 bits per heavy atom. The largest absolute Gasteiger partial charge is 0.367 e. The Labute approximate surface area is 171 Å². The minimum atomic E-state index is -0.411. The van der Waals surface area contributed by atoms with Crippen molar-refractivity contribution < 1.29 is 9.18 Å². The smallest absolute Gasteiger partial charge is 0.258 e. The molecule has 8 heteroatoms. The quantitative estimate of drug-likeness (QED) is 0.652. The molecule has 0 saturated carbocycles. The van der Waals surface area contributed by atoms with Gasteiger partial charge in [-0.25, -0.2) is 9.37 Å². The van der Waals surface area contributed by atoms with Gasteiger partial charge in [0.1, 0.15) is 18.1 Å². The SMILES string of the molecule is N#CCC(=O)N1C2CCC1CC(Nc1nc3cc[nH]c(=O)c3c3cc(F)ccc13)C2. The highest BCUT2D eigenvalue weighted by molar-refractivity contribution is 6.09. The van der Waals surface area contributed by atoms with E-state index in [4.69, 9.17) is 5.26 Å². The molecule has 2 fully saturated rings. The van der Waals surface area contributed by atoms with Crippen LogP contribution in [0, 0.1) is 17.1 Å². The Morgan fingerprint density at radius 2 is 2.03 bits per heavy atom. The van der Waals surface area contributed by atoms with Crippen LogP contribution in [-0.2, 0) is 4.79 Å². The molecule has 2 N–H and O–H groups in total. The van der Waals surface area contributed by atoms with Crippen molar-refractivity contribution >= 4 is 33.4 Å². The number of anilines is 1. The summed E-state index contributed by atoms with van der Waals surface area (Å²) in [6, 6.07) is 8.39. The van der Waals surface area contributed by atoms with Crippen LogP contribution in [0.4, 0.5) is 10.2 Å². The lowest BCUT2D eigenvalue weighted by atomic mass is 9.96. The van der Waals surface area contributed by atoms with Crippen molar-refractivity contribution in [1.82, 2.24) is 14.9 Å². The zero-order valence-electron chi connectivity index (χ0n) is 16.2. The summed E-state index contributed by atoms with van der Waals surface area (Å²) in [6.07, 6.45) is 4.87. The number of hydrogen-bond donors (Lipinski definition) is 2. The first-order chi connectivity index (χ1) is 14.5. The average molecular weight is 405 g/mol. The minimum Gasteiger partial charge on any atom is -0.367 e. The Balaban J connectivity index is 1.50. The maximum Gasteiger partial charge on any atom is 0.258 e. The lowest BCUT2D eigenvalue weighted by molar-refractivity contribution is -0.134. The summed E-state index contributed by atoms with van der Waals surface area (Å²) in [5.74, 6) is 0.114. The molecule has 2 aliphatic heterocycles. The first-order valence-electron chi connectivity index (χ1n) is 10.1. The average Bonchev–Trinajstić information content (AvgIpc) is 2.99. The van der Waals surface area contributed by atoms with E-state index in [0.29, 0.717) is 27.5 Å². The summed E-state index contributed by atoms with van der Waals surface area (Å²) in [5, 5.41) is 13.9. The molecule has 2 aliphatic rings. The molecule has 0 aliphatic carbocycles. The standard InChI is InChI=1S/C22H20FN5O2/c23-12-1-4-16-17(9-12)20-18(6-8-25-22(20)30)27-21(16)26-13-10-14-2-3-15(11-13)28(14)19(29)5-7-24/h1,4,6,8-9,13-15H,2-3,5,10-11H2,(H,25,30)(H,26,27). The molecule has 7 nitrogen and oxygen atoms in total. The maximum atomic E-state index is 14.0. The second kappa shape index (κ2) is 7.10. The highest BCUT2D eigenvalue weighted by atomic mass is 19.1. The molecule has 2 saturated heterocycles. The van der Waals surface area contributed by atoms with Gasteiger partial charge in [0.25, 0.3) is 5.56 Å². The minimum absolute atomic E-state index is 0.0813. The van der Waals surface area contributed by atoms with Crippen molar-refractivity contribution in [3.8, 4) is 6.07 Å². The summed E-state index contributed by atoms with van der Waals surface area (Å²) in [7, 11) is 0. The predicted molar refractivity (Wildman–Crippen MR) is 110 cm³/mol. The van der Waals surface area contributed by atoms with Crippen LogP contribution >= 0.6 is 0 Å². The van der Waals surface area contributed by atoms with E-state index in [1.165, 1.54) is 18.3 Å². The van der Waals surface area contributed by atoms with E-state index in [9.17, 15) is 14.0 Å². The molecular weight excluding hydrogens is 385 g/mol. The number of aromatic nitrogens is 2. The molecule has 1 aromatic carbocycles. The fourth-order valence-electron chi connectivity index (χ4n) is 5.10. The van der Waals surface area contributed by atoms with Crippen molar-refractivity contribution in [2.24, 2.45) is 0 Å². The summed E-state index contributed by atoms with van der Waals surface area (Å²) < 4.78 is 14.0. The highest BCUT2D eigenvalue weighted by Crippen LogP contribution is 2.38. The lowest BCUT2D eigenvalue weighted by Crippen LogP contribution is -2.49. The molecule has 30 heavy (non-hydrogen) atoms. The molecule has 4 heterocycles. The number of fused-ring (bicyclic) bond motifs is 5. The number of pyridine rings is 2. The summed E-state index contributed by atoms with van der Waals surface area (Å²) >= 11 is 0. The number of aromatic amines is 1. The highest BCUT2D eigenvalue weighted by Gasteiger charge is 2.43. The van der Waals surface area contributed by atoms with Crippen molar-refractivity contribution in [2.75, 3.05) is 5.32 Å². The second-order valence-electron chi connectivity index (χ2n) is 8.05. The normalized spacial score (nSPS) is 22.9. The molecule has 2 unspecified atom stereocenters. The van der Waals surface area contributed by atoms with Crippen LogP contribution in [0.1, 0.15) is 32.1 Å². The van der Waals surface area contributed by atoms with Gasteiger partial charge in [0.05, 0.1) is 17.0 Å². The van der Waals surface area contributed by atoms with Gasteiger partial charge in [0.2, 0.25) is 5.91 Å². The van der Waals surface area contributed by atoms with Gasteiger partial charge in [-0.1, -0.05) is 0 Å². The number of nitriles is 1. The Kier molecular flexibility index (Phi) is 4.39. The number of carbonyl (C=O) groups excluding carboxylic acids is 1. The van der Waals surface area contributed by atoms with Crippen LogP contribution in [0.2, 0.25) is 0 Å². The Bertz CT molecular complexity index is 1250. The molecule has 5 rings (SSSR count). The van der Waals surface area contributed by atoms with Crippen LogP contribution in [0.3, 0.4) is 0 Å². The second-order valence-corrected chi connectivity index (χ2v) is 8.05. The lowest BCUT2D eigenvalue weighted by Gasteiger charge is -2.39. The van der Waals surface area contributed by atoms with Crippen molar-refractivity contribution in [1.29, 1.82) is 5.26 Å². The third-order valence-corrected chi connectivity index (χ3v) is 6.27. The van der Waals surface area contributed by atoms with Gasteiger partial charge in [-0.05, 0) is 49.9 Å². The molecule has 152 valence electrons. The number of carbonyl (C=O) groups is 1. The molecule has 2 atom stereocenters. The van der Waals surface area contributed by atoms with Crippen LogP contribution < -0.4 is 10.9 Å². The van der Waals surface area contributed by atoms with Crippen molar-refractivity contribution in [2.45, 2.75) is 50.2 Å². The molecule has 2 bridgehead atoms. The van der Waals surface area contributed by atoms with E-state index < -0.39 is 5.82 Å². The van der Waals surface area contributed by atoms with Gasteiger partial charge in [-0.2, -0.15) is 5.26 Å². The number of nitrogens with zero attached hydrogens (tertiary/aromatic N) is 3. The van der Waals surface area contributed by atoms with Gasteiger partial charge in [-0.3, -0.25) is 9.59 Å². The zero-order chi connectivity index (χ0) is 20.8. The number of amides is 1. The van der Waals surface area contributed by atoms with Gasteiger partial charge >= 0.3 is 0 Å². The van der Waals surface area contributed by atoms with Crippen LogP contribution in [0.25, 0.3) is 21.7 Å². The molecular formula is C22H20FN5O2. The first-order valence-corrected chi connectivity index (χ1v) is 10.1. The first kappa shape index (κ1) is 18.6. The number of hydrogen-bond acceptors (Lipinski definition) is 5. The van der Waals surface area contributed by atoms with E-state index in [-0.39, 0.29) is 36.0 Å². The van der Waals surface area contributed by atoms with Crippen molar-refractivity contribution in [3.05, 3.63) is 46.6 Å². The topological polar surface area (TPSA) is 102 Å². The predicted octanol–water partition coefficient (Wildman–Crippen LogP) is 3.06. The summed E-state index contributed by atoms with van der Waals surface area (Å²) in [4.78, 5) is 33.9. The number of H-pyrrole nitrogens is 1. The molecule has 2 aromatic heterocycles. The van der Waals surface area contributed by atoms with Gasteiger partial charge in [0.15, 0.2) is 0 Å².